The molecule has 90 valence electrons. The topological polar surface area (TPSA) is 53.3 Å². The van der Waals surface area contributed by atoms with Crippen LogP contribution in [0, 0.1) is 11.3 Å². The molecule has 0 spiro atoms. The van der Waals surface area contributed by atoms with E-state index in [0.29, 0.717) is 17.2 Å². The third-order valence-corrected chi connectivity index (χ3v) is 3.84. The Kier molecular flexibility index (Phi) is 3.64. The lowest BCUT2D eigenvalue weighted by Crippen LogP contribution is -2.42. The van der Waals surface area contributed by atoms with E-state index in [9.17, 15) is 4.79 Å². The van der Waals surface area contributed by atoms with Crippen molar-refractivity contribution in [2.24, 2.45) is 0 Å². The molecule has 1 atom stereocenters. The van der Waals surface area contributed by atoms with Crippen molar-refractivity contribution in [1.29, 1.82) is 5.26 Å². The number of piperidine rings is 1. The van der Waals surface area contributed by atoms with Crippen molar-refractivity contribution in [2.75, 3.05) is 13.7 Å². The van der Waals surface area contributed by atoms with Crippen molar-refractivity contribution < 1.29 is 9.53 Å². The number of nitriles is 1. The van der Waals surface area contributed by atoms with Crippen LogP contribution in [-0.2, 0) is 0 Å². The van der Waals surface area contributed by atoms with Crippen molar-refractivity contribution in [3.05, 3.63) is 16.3 Å². The molecular weight excluding hydrogens is 236 g/mol. The minimum absolute atomic E-state index is 0.0805. The summed E-state index contributed by atoms with van der Waals surface area (Å²) < 4.78 is 5.15. The van der Waals surface area contributed by atoms with Crippen LogP contribution in [0.25, 0.3) is 0 Å². The molecule has 4 nitrogen and oxygen atoms in total. The molecule has 0 aromatic carbocycles. The summed E-state index contributed by atoms with van der Waals surface area (Å²) in [6, 6.07) is 3.70. The number of methoxy groups -OCH3 is 1. The standard InChI is InChI=1S/C12H14N2O2S/c1-16-10-5-7-17-11(10)12(15)14-6-3-2-4-9(14)8-13/h5,7,9H,2-4,6H2,1H3. The molecule has 0 saturated carbocycles. The molecule has 2 rings (SSSR count). The van der Waals surface area contributed by atoms with Crippen LogP contribution in [0.5, 0.6) is 5.75 Å². The van der Waals surface area contributed by atoms with Gasteiger partial charge in [-0.2, -0.15) is 5.26 Å². The highest BCUT2D eigenvalue weighted by atomic mass is 32.1. The summed E-state index contributed by atoms with van der Waals surface area (Å²) in [6.45, 7) is 0.665. The van der Waals surface area contributed by atoms with Crippen LogP contribution in [0.3, 0.4) is 0 Å². The SMILES string of the molecule is COc1ccsc1C(=O)N1CCCCC1C#N. The van der Waals surface area contributed by atoms with Crippen LogP contribution in [0.4, 0.5) is 0 Å². The number of carbonyl (C=O) groups excluding carboxylic acids is 1. The van der Waals surface area contributed by atoms with E-state index >= 15 is 0 Å². The number of amides is 1. The lowest BCUT2D eigenvalue weighted by atomic mass is 10.0. The Morgan fingerprint density at radius 1 is 1.65 bits per heavy atom. The maximum atomic E-state index is 12.3. The number of thiophene rings is 1. The highest BCUT2D eigenvalue weighted by Crippen LogP contribution is 2.28. The molecule has 1 aliphatic heterocycles. The maximum absolute atomic E-state index is 12.3. The smallest absolute Gasteiger partial charge is 0.268 e. The Labute approximate surface area is 104 Å². The molecule has 1 aromatic heterocycles. The monoisotopic (exact) mass is 250 g/mol. The third-order valence-electron chi connectivity index (χ3n) is 2.96. The van der Waals surface area contributed by atoms with Crippen LogP contribution in [-0.4, -0.2) is 30.5 Å². The Morgan fingerprint density at radius 3 is 3.18 bits per heavy atom. The number of hydrogen-bond donors (Lipinski definition) is 0. The number of rotatable bonds is 2. The van der Waals surface area contributed by atoms with Crippen molar-refractivity contribution in [3.8, 4) is 11.8 Å². The van der Waals surface area contributed by atoms with Gasteiger partial charge in [-0.3, -0.25) is 4.79 Å². The molecule has 1 aliphatic rings. The first-order valence-corrected chi connectivity index (χ1v) is 6.48. The highest BCUT2D eigenvalue weighted by Gasteiger charge is 2.29. The van der Waals surface area contributed by atoms with Gasteiger partial charge < -0.3 is 9.64 Å². The number of ether oxygens (including phenoxy) is 1. The summed E-state index contributed by atoms with van der Waals surface area (Å²) in [4.78, 5) is 14.6. The molecule has 1 fully saturated rings. The summed E-state index contributed by atoms with van der Waals surface area (Å²) in [7, 11) is 1.55. The third kappa shape index (κ3) is 2.27. The zero-order valence-corrected chi connectivity index (χ0v) is 10.5. The molecule has 0 N–H and O–H groups in total. The fourth-order valence-electron chi connectivity index (χ4n) is 2.05. The largest absolute Gasteiger partial charge is 0.495 e. The zero-order valence-electron chi connectivity index (χ0n) is 9.68. The van der Waals surface area contributed by atoms with Gasteiger partial charge in [0.15, 0.2) is 0 Å². The van der Waals surface area contributed by atoms with Gasteiger partial charge in [-0.05, 0) is 30.7 Å². The summed E-state index contributed by atoms with van der Waals surface area (Å²) >= 11 is 1.36. The molecule has 0 bridgehead atoms. The van der Waals surface area contributed by atoms with E-state index in [1.165, 1.54) is 11.3 Å². The number of carbonyl (C=O) groups is 1. The predicted molar refractivity (Wildman–Crippen MR) is 65.2 cm³/mol. The summed E-state index contributed by atoms with van der Waals surface area (Å²) in [5.74, 6) is 0.519. The lowest BCUT2D eigenvalue weighted by molar-refractivity contribution is 0.0672. The maximum Gasteiger partial charge on any atom is 0.268 e. The Morgan fingerprint density at radius 2 is 2.47 bits per heavy atom. The Bertz CT molecular complexity index is 450. The predicted octanol–water partition coefficient (Wildman–Crippen LogP) is 2.27. The molecule has 1 saturated heterocycles. The molecule has 2 heterocycles. The fourth-order valence-corrected chi connectivity index (χ4v) is 2.87. The second-order valence-electron chi connectivity index (χ2n) is 3.96. The van der Waals surface area contributed by atoms with Crippen molar-refractivity contribution in [2.45, 2.75) is 25.3 Å². The van der Waals surface area contributed by atoms with Crippen molar-refractivity contribution in [1.82, 2.24) is 4.90 Å². The van der Waals surface area contributed by atoms with E-state index < -0.39 is 0 Å². The first kappa shape index (κ1) is 11.9. The molecule has 17 heavy (non-hydrogen) atoms. The first-order chi connectivity index (χ1) is 8.27. The van der Waals surface area contributed by atoms with Crippen molar-refractivity contribution >= 4 is 17.2 Å². The molecule has 1 amide bonds. The second kappa shape index (κ2) is 5.19. The van der Waals surface area contributed by atoms with Crippen LogP contribution >= 0.6 is 11.3 Å². The van der Waals surface area contributed by atoms with E-state index in [4.69, 9.17) is 10.00 Å². The minimum Gasteiger partial charge on any atom is -0.495 e. The van der Waals surface area contributed by atoms with E-state index in [-0.39, 0.29) is 11.9 Å². The van der Waals surface area contributed by atoms with E-state index in [1.54, 1.807) is 18.1 Å². The van der Waals surface area contributed by atoms with Crippen LogP contribution in [0.1, 0.15) is 28.9 Å². The van der Waals surface area contributed by atoms with Crippen LogP contribution in [0.15, 0.2) is 11.4 Å². The molecule has 1 unspecified atom stereocenters. The van der Waals surface area contributed by atoms with Crippen LogP contribution < -0.4 is 4.74 Å². The van der Waals surface area contributed by atoms with Gasteiger partial charge in [0.1, 0.15) is 16.7 Å². The minimum atomic E-state index is -0.289. The summed E-state index contributed by atoms with van der Waals surface area (Å²) in [6.07, 6.45) is 2.76. The van der Waals surface area contributed by atoms with E-state index in [0.717, 1.165) is 19.3 Å². The highest BCUT2D eigenvalue weighted by molar-refractivity contribution is 7.12. The van der Waals surface area contributed by atoms with Gasteiger partial charge >= 0.3 is 0 Å². The normalized spacial score (nSPS) is 19.8. The van der Waals surface area contributed by atoms with Gasteiger partial charge in [0.2, 0.25) is 0 Å². The fraction of sp³-hybridized carbons (Fsp3) is 0.500. The van der Waals surface area contributed by atoms with Crippen molar-refractivity contribution in [3.63, 3.8) is 0 Å². The van der Waals surface area contributed by atoms with Gasteiger partial charge in [0, 0.05) is 6.54 Å². The average Bonchev–Trinajstić information content (AvgIpc) is 2.86. The second-order valence-corrected chi connectivity index (χ2v) is 4.87. The number of likely N-dealkylation sites (tertiary alicyclic amines) is 1. The van der Waals surface area contributed by atoms with Gasteiger partial charge in [-0.25, -0.2) is 0 Å². The Hall–Kier alpha value is -1.54. The molecular formula is C12H14N2O2S. The van der Waals surface area contributed by atoms with Gasteiger partial charge in [-0.15, -0.1) is 11.3 Å². The average molecular weight is 250 g/mol. The van der Waals surface area contributed by atoms with Gasteiger partial charge in [0.25, 0.3) is 5.91 Å². The molecule has 0 radical (unpaired) electrons. The van der Waals surface area contributed by atoms with Gasteiger partial charge in [0.05, 0.1) is 13.2 Å². The van der Waals surface area contributed by atoms with E-state index in [2.05, 4.69) is 6.07 Å². The summed E-state index contributed by atoms with van der Waals surface area (Å²) in [5, 5.41) is 10.9. The zero-order chi connectivity index (χ0) is 12.3. The summed E-state index contributed by atoms with van der Waals surface area (Å²) in [5.41, 5.74) is 0. The quantitative estimate of drug-likeness (QED) is 0.809. The molecule has 5 heteroatoms. The van der Waals surface area contributed by atoms with E-state index in [1.807, 2.05) is 5.38 Å². The van der Waals surface area contributed by atoms with Gasteiger partial charge in [-0.1, -0.05) is 0 Å². The Balaban J connectivity index is 2.22. The molecule has 0 aliphatic carbocycles. The van der Waals surface area contributed by atoms with Crippen LogP contribution in [0.2, 0.25) is 0 Å². The first-order valence-electron chi connectivity index (χ1n) is 5.60. The number of nitrogens with zero attached hydrogens (tertiary/aromatic N) is 2. The lowest BCUT2D eigenvalue weighted by Gasteiger charge is -2.31. The molecule has 1 aromatic rings. The number of hydrogen-bond acceptors (Lipinski definition) is 4.